The first-order valence-electron chi connectivity index (χ1n) is 9.77. The molecule has 8 heteroatoms. The number of hydrogen-bond donors (Lipinski definition) is 3. The lowest BCUT2D eigenvalue weighted by Gasteiger charge is -2.26. The molecule has 1 aromatic carbocycles. The fraction of sp³-hybridized carbons (Fsp3) is 0.632. The van der Waals surface area contributed by atoms with Gasteiger partial charge in [0, 0.05) is 31.6 Å². The molecular formula is C19H32N4O3S. The maximum atomic E-state index is 12.8. The zero-order chi connectivity index (χ0) is 20.0. The first kappa shape index (κ1) is 21.7. The van der Waals surface area contributed by atoms with Crippen LogP contribution in [0.15, 0.2) is 23.1 Å². The van der Waals surface area contributed by atoms with Gasteiger partial charge in [0.15, 0.2) is 0 Å². The van der Waals surface area contributed by atoms with Gasteiger partial charge in [-0.05, 0) is 44.4 Å². The van der Waals surface area contributed by atoms with Crippen molar-refractivity contribution in [3.05, 3.63) is 18.2 Å². The van der Waals surface area contributed by atoms with E-state index >= 15 is 0 Å². The smallest absolute Gasteiger partial charge is 0.243 e. The number of sulfonamides is 1. The van der Waals surface area contributed by atoms with E-state index in [0.29, 0.717) is 37.4 Å². The summed E-state index contributed by atoms with van der Waals surface area (Å²) in [4.78, 5) is 12.9. The second kappa shape index (κ2) is 9.52. The Morgan fingerprint density at radius 2 is 1.89 bits per heavy atom. The first-order valence-corrected chi connectivity index (χ1v) is 11.2. The van der Waals surface area contributed by atoms with Gasteiger partial charge >= 0.3 is 0 Å². The minimum absolute atomic E-state index is 0.0529. The zero-order valence-corrected chi connectivity index (χ0v) is 17.3. The Labute approximate surface area is 162 Å². The van der Waals surface area contributed by atoms with Crippen LogP contribution < -0.4 is 16.4 Å². The fourth-order valence-electron chi connectivity index (χ4n) is 3.54. The monoisotopic (exact) mass is 396 g/mol. The zero-order valence-electron chi connectivity index (χ0n) is 16.5. The third-order valence-corrected chi connectivity index (χ3v) is 7.09. The average Bonchev–Trinajstić information content (AvgIpc) is 2.64. The Morgan fingerprint density at radius 3 is 2.48 bits per heavy atom. The largest absolute Gasteiger partial charge is 0.384 e. The number of nitrogens with one attached hydrogen (secondary N) is 2. The SMILES string of the molecule is CCNc1ccc(S(=O)(=O)N(CC)CC)cc1NC(=O)C1CCCC(N)C1. The quantitative estimate of drug-likeness (QED) is 0.626. The van der Waals surface area contributed by atoms with E-state index in [9.17, 15) is 13.2 Å². The maximum absolute atomic E-state index is 12.8. The van der Waals surface area contributed by atoms with Crippen molar-refractivity contribution < 1.29 is 13.2 Å². The molecule has 1 saturated carbocycles. The number of carbonyl (C=O) groups excluding carboxylic acids is 1. The Hall–Kier alpha value is -1.64. The van der Waals surface area contributed by atoms with E-state index in [-0.39, 0.29) is 22.8 Å². The van der Waals surface area contributed by atoms with Crippen LogP contribution in [0.1, 0.15) is 46.5 Å². The summed E-state index contributed by atoms with van der Waals surface area (Å²) in [6.45, 7) is 7.03. The van der Waals surface area contributed by atoms with Gasteiger partial charge in [0.25, 0.3) is 0 Å². The van der Waals surface area contributed by atoms with Crippen molar-refractivity contribution in [1.82, 2.24) is 4.31 Å². The molecule has 2 rings (SSSR count). The normalized spacial score (nSPS) is 20.5. The van der Waals surface area contributed by atoms with Gasteiger partial charge in [-0.25, -0.2) is 8.42 Å². The number of carbonyl (C=O) groups is 1. The molecule has 2 atom stereocenters. The van der Waals surface area contributed by atoms with Crippen LogP contribution >= 0.6 is 0 Å². The highest BCUT2D eigenvalue weighted by Crippen LogP contribution is 2.30. The van der Waals surface area contributed by atoms with E-state index in [1.807, 2.05) is 20.8 Å². The molecule has 0 bridgehead atoms. The molecule has 0 radical (unpaired) electrons. The number of nitrogens with zero attached hydrogens (tertiary/aromatic N) is 1. The molecule has 0 aliphatic heterocycles. The molecular weight excluding hydrogens is 364 g/mol. The summed E-state index contributed by atoms with van der Waals surface area (Å²) in [6, 6.07) is 4.89. The highest BCUT2D eigenvalue weighted by molar-refractivity contribution is 7.89. The lowest BCUT2D eigenvalue weighted by Crippen LogP contribution is -2.34. The van der Waals surface area contributed by atoms with Gasteiger partial charge in [0.1, 0.15) is 0 Å². The van der Waals surface area contributed by atoms with Crippen LogP contribution in [0.4, 0.5) is 11.4 Å². The summed E-state index contributed by atoms with van der Waals surface area (Å²) < 4.78 is 27.0. The number of hydrogen-bond acceptors (Lipinski definition) is 5. The van der Waals surface area contributed by atoms with Crippen molar-refractivity contribution >= 4 is 27.3 Å². The van der Waals surface area contributed by atoms with Gasteiger partial charge in [0.2, 0.25) is 15.9 Å². The lowest BCUT2D eigenvalue weighted by molar-refractivity contribution is -0.120. The van der Waals surface area contributed by atoms with Gasteiger partial charge in [-0.3, -0.25) is 4.79 Å². The summed E-state index contributed by atoms with van der Waals surface area (Å²) in [6.07, 6.45) is 3.37. The number of benzene rings is 1. The Balaban J connectivity index is 2.31. The van der Waals surface area contributed by atoms with Crippen molar-refractivity contribution in [2.75, 3.05) is 30.3 Å². The standard InChI is InChI=1S/C19H32N4O3S/c1-4-21-17-11-10-16(27(25,26)23(5-2)6-3)13-18(17)22-19(24)14-8-7-9-15(20)12-14/h10-11,13-15,21H,4-9,12,20H2,1-3H3,(H,22,24). The molecule has 1 aliphatic carbocycles. The fourth-order valence-corrected chi connectivity index (χ4v) is 5.03. The van der Waals surface area contributed by atoms with Crippen molar-refractivity contribution in [2.45, 2.75) is 57.4 Å². The van der Waals surface area contributed by atoms with E-state index in [1.165, 1.54) is 4.31 Å². The van der Waals surface area contributed by atoms with Gasteiger partial charge in [-0.15, -0.1) is 0 Å². The summed E-state index contributed by atoms with van der Waals surface area (Å²) >= 11 is 0. The van der Waals surface area contributed by atoms with Crippen molar-refractivity contribution in [2.24, 2.45) is 11.7 Å². The second-order valence-electron chi connectivity index (χ2n) is 6.94. The van der Waals surface area contributed by atoms with Gasteiger partial charge in [-0.2, -0.15) is 4.31 Å². The lowest BCUT2D eigenvalue weighted by atomic mass is 9.85. The molecule has 152 valence electrons. The van der Waals surface area contributed by atoms with Crippen LogP contribution in [0.2, 0.25) is 0 Å². The van der Waals surface area contributed by atoms with E-state index in [2.05, 4.69) is 10.6 Å². The summed E-state index contributed by atoms with van der Waals surface area (Å²) in [5.41, 5.74) is 7.21. The number of rotatable bonds is 8. The van der Waals surface area contributed by atoms with Crippen LogP contribution in [0.25, 0.3) is 0 Å². The molecule has 0 heterocycles. The van der Waals surface area contributed by atoms with Crippen molar-refractivity contribution in [3.8, 4) is 0 Å². The third-order valence-electron chi connectivity index (χ3n) is 5.04. The molecule has 7 nitrogen and oxygen atoms in total. The maximum Gasteiger partial charge on any atom is 0.243 e. The highest BCUT2D eigenvalue weighted by Gasteiger charge is 2.27. The predicted octanol–water partition coefficient (Wildman–Crippen LogP) is 2.60. The number of anilines is 2. The van der Waals surface area contributed by atoms with Crippen LogP contribution in [0.3, 0.4) is 0 Å². The van der Waals surface area contributed by atoms with Crippen molar-refractivity contribution in [3.63, 3.8) is 0 Å². The van der Waals surface area contributed by atoms with Crippen LogP contribution in [0.5, 0.6) is 0 Å². The number of amides is 1. The predicted molar refractivity (Wildman–Crippen MR) is 109 cm³/mol. The molecule has 1 amide bonds. The minimum atomic E-state index is -3.59. The average molecular weight is 397 g/mol. The number of nitrogens with two attached hydrogens (primary N) is 1. The van der Waals surface area contributed by atoms with Crippen LogP contribution in [0, 0.1) is 5.92 Å². The third kappa shape index (κ3) is 5.21. The Bertz CT molecular complexity index is 747. The topological polar surface area (TPSA) is 105 Å². The Kier molecular flexibility index (Phi) is 7.64. The summed E-state index contributed by atoms with van der Waals surface area (Å²) in [5.74, 6) is -0.229. The molecule has 1 aliphatic rings. The first-order chi connectivity index (χ1) is 12.8. The molecule has 0 saturated heterocycles. The van der Waals surface area contributed by atoms with Gasteiger partial charge in [0.05, 0.1) is 16.3 Å². The Morgan fingerprint density at radius 1 is 1.19 bits per heavy atom. The van der Waals surface area contributed by atoms with Gasteiger partial charge in [-0.1, -0.05) is 20.3 Å². The molecule has 1 aromatic rings. The van der Waals surface area contributed by atoms with E-state index in [1.54, 1.807) is 18.2 Å². The molecule has 4 N–H and O–H groups in total. The molecule has 0 spiro atoms. The van der Waals surface area contributed by atoms with Crippen LogP contribution in [-0.2, 0) is 14.8 Å². The molecule has 0 aromatic heterocycles. The molecule has 1 fully saturated rings. The van der Waals surface area contributed by atoms with Gasteiger partial charge < -0.3 is 16.4 Å². The summed E-state index contributed by atoms with van der Waals surface area (Å²) in [7, 11) is -3.59. The van der Waals surface area contributed by atoms with Crippen molar-refractivity contribution in [1.29, 1.82) is 0 Å². The van der Waals surface area contributed by atoms with E-state index in [0.717, 1.165) is 19.3 Å². The second-order valence-corrected chi connectivity index (χ2v) is 8.88. The molecule has 2 unspecified atom stereocenters. The van der Waals surface area contributed by atoms with E-state index in [4.69, 9.17) is 5.73 Å². The van der Waals surface area contributed by atoms with E-state index < -0.39 is 10.0 Å². The molecule has 27 heavy (non-hydrogen) atoms. The minimum Gasteiger partial charge on any atom is -0.384 e. The van der Waals surface area contributed by atoms with Crippen LogP contribution in [-0.4, -0.2) is 44.3 Å². The summed E-state index contributed by atoms with van der Waals surface area (Å²) in [5, 5.41) is 6.11. The highest BCUT2D eigenvalue weighted by atomic mass is 32.2.